The number of hydrogen-bond acceptors (Lipinski definition) is 1. The highest BCUT2D eigenvalue weighted by Gasteiger charge is 2.19. The Bertz CT molecular complexity index is 462. The molecule has 0 saturated carbocycles. The molecule has 0 aliphatic heterocycles. The highest BCUT2D eigenvalue weighted by Crippen LogP contribution is 2.21. The molecule has 1 aromatic rings. The fourth-order valence-electron chi connectivity index (χ4n) is 1.97. The van der Waals surface area contributed by atoms with Crippen molar-refractivity contribution >= 4 is 44.4 Å². The minimum absolute atomic E-state index is 0.155. The zero-order valence-corrected chi connectivity index (χ0v) is 17.1. The van der Waals surface area contributed by atoms with Crippen molar-refractivity contribution in [1.82, 2.24) is 4.90 Å². The van der Waals surface area contributed by atoms with Gasteiger partial charge < -0.3 is 4.90 Å². The summed E-state index contributed by atoms with van der Waals surface area (Å²) in [6.45, 7) is 10.5. The molecule has 21 heavy (non-hydrogen) atoms. The van der Waals surface area contributed by atoms with E-state index in [-0.39, 0.29) is 5.91 Å². The van der Waals surface area contributed by atoms with Gasteiger partial charge >= 0.3 is 0 Å². The number of carbonyl (C=O) groups is 1. The molecule has 0 fully saturated rings. The van der Waals surface area contributed by atoms with Gasteiger partial charge in [-0.1, -0.05) is 43.6 Å². The SMILES string of the molecule is CC(C)CCN(CCC(C)C)C(=O)c1cc(Br)ccc1I. The predicted octanol–water partition coefficient (Wildman–Crippen LogP) is 5.59. The summed E-state index contributed by atoms with van der Waals surface area (Å²) in [5.41, 5.74) is 0.803. The van der Waals surface area contributed by atoms with Crippen LogP contribution in [0.2, 0.25) is 0 Å². The molecule has 1 amide bonds. The summed E-state index contributed by atoms with van der Waals surface area (Å²) in [5, 5.41) is 0. The molecule has 0 heterocycles. The van der Waals surface area contributed by atoms with Gasteiger partial charge in [0, 0.05) is 21.1 Å². The van der Waals surface area contributed by atoms with Crippen LogP contribution in [0, 0.1) is 15.4 Å². The van der Waals surface area contributed by atoms with Crippen LogP contribution in [0.25, 0.3) is 0 Å². The van der Waals surface area contributed by atoms with Gasteiger partial charge in [0.25, 0.3) is 5.91 Å². The average molecular weight is 466 g/mol. The lowest BCUT2D eigenvalue weighted by molar-refractivity contribution is 0.0739. The van der Waals surface area contributed by atoms with Crippen LogP contribution in [-0.2, 0) is 0 Å². The molecule has 2 nitrogen and oxygen atoms in total. The van der Waals surface area contributed by atoms with E-state index in [1.54, 1.807) is 0 Å². The molecular weight excluding hydrogens is 441 g/mol. The maximum Gasteiger partial charge on any atom is 0.254 e. The maximum absolute atomic E-state index is 12.8. The van der Waals surface area contributed by atoms with Crippen LogP contribution in [-0.4, -0.2) is 23.9 Å². The molecule has 0 bridgehead atoms. The van der Waals surface area contributed by atoms with Crippen molar-refractivity contribution < 1.29 is 4.79 Å². The number of carbonyl (C=O) groups excluding carboxylic acids is 1. The van der Waals surface area contributed by atoms with Crippen LogP contribution in [0.1, 0.15) is 50.9 Å². The summed E-state index contributed by atoms with van der Waals surface area (Å²) in [6.07, 6.45) is 2.10. The van der Waals surface area contributed by atoms with E-state index in [4.69, 9.17) is 0 Å². The lowest BCUT2D eigenvalue weighted by atomic mass is 10.1. The summed E-state index contributed by atoms with van der Waals surface area (Å²) < 4.78 is 1.97. The van der Waals surface area contributed by atoms with E-state index in [0.29, 0.717) is 11.8 Å². The fourth-order valence-corrected chi connectivity index (χ4v) is 2.90. The Morgan fingerprint density at radius 3 is 2.14 bits per heavy atom. The summed E-state index contributed by atoms with van der Waals surface area (Å²) in [7, 11) is 0. The van der Waals surface area contributed by atoms with E-state index in [2.05, 4.69) is 66.2 Å². The third-order valence-corrected chi connectivity index (χ3v) is 4.83. The molecule has 0 N–H and O–H groups in total. The topological polar surface area (TPSA) is 20.3 Å². The van der Waals surface area contributed by atoms with Crippen molar-refractivity contribution in [2.45, 2.75) is 40.5 Å². The van der Waals surface area contributed by atoms with E-state index in [0.717, 1.165) is 39.5 Å². The van der Waals surface area contributed by atoms with E-state index in [9.17, 15) is 4.79 Å². The van der Waals surface area contributed by atoms with Crippen molar-refractivity contribution in [2.75, 3.05) is 13.1 Å². The van der Waals surface area contributed by atoms with E-state index in [1.165, 1.54) is 0 Å². The zero-order valence-electron chi connectivity index (χ0n) is 13.3. The van der Waals surface area contributed by atoms with Crippen molar-refractivity contribution in [3.8, 4) is 0 Å². The van der Waals surface area contributed by atoms with Gasteiger partial charge in [-0.3, -0.25) is 4.79 Å². The molecular formula is C17H25BrINO. The highest BCUT2D eigenvalue weighted by atomic mass is 127. The number of nitrogens with zero attached hydrogens (tertiary/aromatic N) is 1. The first-order chi connectivity index (χ1) is 9.81. The number of rotatable bonds is 7. The van der Waals surface area contributed by atoms with Crippen molar-refractivity contribution in [2.24, 2.45) is 11.8 Å². The fraction of sp³-hybridized carbons (Fsp3) is 0.588. The Hall–Kier alpha value is -0.100. The third-order valence-electron chi connectivity index (χ3n) is 3.40. The Morgan fingerprint density at radius 2 is 1.67 bits per heavy atom. The number of hydrogen-bond donors (Lipinski definition) is 0. The molecule has 118 valence electrons. The lowest BCUT2D eigenvalue weighted by Gasteiger charge is -2.25. The normalized spacial score (nSPS) is 11.2. The van der Waals surface area contributed by atoms with Crippen LogP contribution < -0.4 is 0 Å². The summed E-state index contributed by atoms with van der Waals surface area (Å²) in [6, 6.07) is 5.90. The first-order valence-electron chi connectivity index (χ1n) is 7.55. The van der Waals surface area contributed by atoms with Gasteiger partial charge in [0.05, 0.1) is 5.56 Å². The number of amides is 1. The van der Waals surface area contributed by atoms with Gasteiger partial charge in [-0.25, -0.2) is 0 Å². The Labute approximate surface area is 150 Å². The zero-order chi connectivity index (χ0) is 16.0. The molecule has 0 aliphatic rings. The van der Waals surface area contributed by atoms with Crippen LogP contribution >= 0.6 is 38.5 Å². The molecule has 4 heteroatoms. The van der Waals surface area contributed by atoms with Gasteiger partial charge in [-0.2, -0.15) is 0 Å². The Morgan fingerprint density at radius 1 is 1.14 bits per heavy atom. The standard InChI is InChI=1S/C17H25BrINO/c1-12(2)7-9-20(10-8-13(3)4)17(21)15-11-14(18)5-6-16(15)19/h5-6,11-13H,7-10H2,1-4H3. The molecule has 0 aliphatic carbocycles. The molecule has 0 radical (unpaired) electrons. The quantitative estimate of drug-likeness (QED) is 0.480. The van der Waals surface area contributed by atoms with Gasteiger partial charge in [0.15, 0.2) is 0 Å². The second-order valence-corrected chi connectivity index (χ2v) is 8.36. The number of halogens is 2. The Balaban J connectivity index is 2.89. The van der Waals surface area contributed by atoms with Crippen LogP contribution in [0.4, 0.5) is 0 Å². The molecule has 0 atom stereocenters. The van der Waals surface area contributed by atoms with Crippen molar-refractivity contribution in [3.05, 3.63) is 31.8 Å². The second kappa shape index (κ2) is 9.13. The highest BCUT2D eigenvalue weighted by molar-refractivity contribution is 14.1. The molecule has 0 spiro atoms. The van der Waals surface area contributed by atoms with Crippen LogP contribution in [0.15, 0.2) is 22.7 Å². The summed E-state index contributed by atoms with van der Waals surface area (Å²) >= 11 is 5.70. The Kier molecular flexibility index (Phi) is 8.24. The molecule has 0 aromatic heterocycles. The minimum atomic E-state index is 0.155. The maximum atomic E-state index is 12.8. The van der Waals surface area contributed by atoms with Crippen LogP contribution in [0.5, 0.6) is 0 Å². The van der Waals surface area contributed by atoms with Gasteiger partial charge in [-0.05, 0) is 65.5 Å². The predicted molar refractivity (Wildman–Crippen MR) is 102 cm³/mol. The monoisotopic (exact) mass is 465 g/mol. The van der Waals surface area contributed by atoms with Crippen LogP contribution in [0.3, 0.4) is 0 Å². The average Bonchev–Trinajstić information content (AvgIpc) is 2.40. The van der Waals surface area contributed by atoms with Gasteiger partial charge in [-0.15, -0.1) is 0 Å². The molecule has 1 aromatic carbocycles. The smallest absolute Gasteiger partial charge is 0.254 e. The van der Waals surface area contributed by atoms with Gasteiger partial charge in [0.2, 0.25) is 0 Å². The lowest BCUT2D eigenvalue weighted by Crippen LogP contribution is -2.34. The summed E-state index contributed by atoms with van der Waals surface area (Å²) in [5.74, 6) is 1.38. The summed E-state index contributed by atoms with van der Waals surface area (Å²) in [4.78, 5) is 14.9. The molecule has 0 saturated heterocycles. The van der Waals surface area contributed by atoms with Crippen molar-refractivity contribution in [3.63, 3.8) is 0 Å². The van der Waals surface area contributed by atoms with E-state index >= 15 is 0 Å². The largest absolute Gasteiger partial charge is 0.339 e. The van der Waals surface area contributed by atoms with E-state index < -0.39 is 0 Å². The third kappa shape index (κ3) is 6.68. The first-order valence-corrected chi connectivity index (χ1v) is 9.42. The van der Waals surface area contributed by atoms with E-state index in [1.807, 2.05) is 23.1 Å². The number of benzene rings is 1. The molecule has 1 rings (SSSR count). The van der Waals surface area contributed by atoms with Gasteiger partial charge in [0.1, 0.15) is 0 Å². The second-order valence-electron chi connectivity index (χ2n) is 6.28. The minimum Gasteiger partial charge on any atom is -0.339 e. The van der Waals surface area contributed by atoms with Crippen molar-refractivity contribution in [1.29, 1.82) is 0 Å². The molecule has 0 unspecified atom stereocenters. The first kappa shape index (κ1) is 18.9.